The van der Waals surface area contributed by atoms with Crippen molar-refractivity contribution in [3.8, 4) is 0 Å². The molecule has 0 bridgehead atoms. The first-order valence-corrected chi connectivity index (χ1v) is 10.2. The molecule has 0 aliphatic heterocycles. The molecule has 0 unspecified atom stereocenters. The molecule has 0 heterocycles. The quantitative estimate of drug-likeness (QED) is 0.480. The van der Waals surface area contributed by atoms with Crippen LogP contribution in [0.2, 0.25) is 0 Å². The molecule has 0 aromatic heterocycles. The fraction of sp³-hybridized carbons (Fsp3) is 0.211. The van der Waals surface area contributed by atoms with Gasteiger partial charge in [-0.2, -0.15) is 0 Å². The van der Waals surface area contributed by atoms with Gasteiger partial charge in [0.25, 0.3) is 5.91 Å². The Hall–Kier alpha value is -3.24. The SMILES string of the molecule is CC(=O)Nc1ccc(S(=O)(=O)NCCNC(=O)c2cccc(NC(C)=O)c2)cc1. The van der Waals surface area contributed by atoms with Crippen molar-refractivity contribution >= 4 is 39.1 Å². The normalized spacial score (nSPS) is 10.8. The molecule has 0 saturated heterocycles. The van der Waals surface area contributed by atoms with E-state index in [1.54, 1.807) is 18.2 Å². The number of anilines is 2. The first-order valence-electron chi connectivity index (χ1n) is 8.70. The molecule has 4 N–H and O–H groups in total. The van der Waals surface area contributed by atoms with Crippen LogP contribution in [0, 0.1) is 0 Å². The van der Waals surface area contributed by atoms with Crippen LogP contribution in [0.5, 0.6) is 0 Å². The van der Waals surface area contributed by atoms with E-state index in [0.717, 1.165) is 0 Å². The average molecular weight is 418 g/mol. The second-order valence-corrected chi connectivity index (χ2v) is 7.89. The number of carbonyl (C=O) groups excluding carboxylic acids is 3. The molecule has 0 saturated carbocycles. The number of amides is 3. The number of carbonyl (C=O) groups is 3. The maximum atomic E-state index is 12.3. The summed E-state index contributed by atoms with van der Waals surface area (Å²) < 4.78 is 26.9. The minimum Gasteiger partial charge on any atom is -0.351 e. The molecule has 0 spiro atoms. The number of rotatable bonds is 8. The summed E-state index contributed by atoms with van der Waals surface area (Å²) in [4.78, 5) is 34.3. The topological polar surface area (TPSA) is 133 Å². The van der Waals surface area contributed by atoms with Crippen molar-refractivity contribution in [2.45, 2.75) is 18.7 Å². The van der Waals surface area contributed by atoms with Crippen LogP contribution in [0.3, 0.4) is 0 Å². The predicted molar refractivity (Wildman–Crippen MR) is 109 cm³/mol. The molecule has 3 amide bonds. The van der Waals surface area contributed by atoms with Crippen molar-refractivity contribution in [3.63, 3.8) is 0 Å². The van der Waals surface area contributed by atoms with E-state index in [4.69, 9.17) is 0 Å². The van der Waals surface area contributed by atoms with Gasteiger partial charge in [-0.1, -0.05) is 6.07 Å². The zero-order valence-electron chi connectivity index (χ0n) is 16.0. The van der Waals surface area contributed by atoms with E-state index in [9.17, 15) is 22.8 Å². The van der Waals surface area contributed by atoms with Gasteiger partial charge in [0.2, 0.25) is 21.8 Å². The van der Waals surface area contributed by atoms with Gasteiger partial charge in [0.05, 0.1) is 4.90 Å². The van der Waals surface area contributed by atoms with Gasteiger partial charge in [0.1, 0.15) is 0 Å². The standard InChI is InChI=1S/C19H22N4O5S/c1-13(24)22-16-6-8-18(9-7-16)29(27,28)21-11-10-20-19(26)15-4-3-5-17(12-15)23-14(2)25/h3-9,12,21H,10-11H2,1-2H3,(H,20,26)(H,22,24)(H,23,25). The molecule has 0 aliphatic rings. The maximum absolute atomic E-state index is 12.3. The van der Waals surface area contributed by atoms with Gasteiger partial charge in [-0.05, 0) is 42.5 Å². The summed E-state index contributed by atoms with van der Waals surface area (Å²) in [5.41, 5.74) is 1.33. The summed E-state index contributed by atoms with van der Waals surface area (Å²) in [5.74, 6) is -0.893. The lowest BCUT2D eigenvalue weighted by Crippen LogP contribution is -2.34. The van der Waals surface area contributed by atoms with Crippen LogP contribution in [0.15, 0.2) is 53.4 Å². The highest BCUT2D eigenvalue weighted by Crippen LogP contribution is 2.14. The van der Waals surface area contributed by atoms with Crippen LogP contribution < -0.4 is 20.7 Å². The Morgan fingerprint density at radius 2 is 1.45 bits per heavy atom. The van der Waals surface area contributed by atoms with Crippen molar-refractivity contribution in [2.24, 2.45) is 0 Å². The zero-order valence-corrected chi connectivity index (χ0v) is 16.8. The smallest absolute Gasteiger partial charge is 0.251 e. The van der Waals surface area contributed by atoms with Gasteiger partial charge >= 0.3 is 0 Å². The van der Waals surface area contributed by atoms with E-state index in [-0.39, 0.29) is 29.8 Å². The third-order valence-electron chi connectivity index (χ3n) is 3.63. The molecule has 9 nitrogen and oxygen atoms in total. The van der Waals surface area contributed by atoms with Crippen LogP contribution in [0.25, 0.3) is 0 Å². The third-order valence-corrected chi connectivity index (χ3v) is 5.11. The minimum atomic E-state index is -3.75. The van der Waals surface area contributed by atoms with Gasteiger partial charge < -0.3 is 16.0 Å². The first kappa shape index (κ1) is 22.1. The van der Waals surface area contributed by atoms with E-state index in [1.807, 2.05) is 0 Å². The highest BCUT2D eigenvalue weighted by atomic mass is 32.2. The first-order chi connectivity index (χ1) is 13.7. The second-order valence-electron chi connectivity index (χ2n) is 6.12. The highest BCUT2D eigenvalue weighted by Gasteiger charge is 2.14. The molecule has 0 atom stereocenters. The summed E-state index contributed by atoms with van der Waals surface area (Å²) in [5, 5.41) is 7.75. The zero-order chi connectivity index (χ0) is 21.4. The fourth-order valence-electron chi connectivity index (χ4n) is 2.41. The summed E-state index contributed by atoms with van der Waals surface area (Å²) in [6, 6.07) is 12.1. The maximum Gasteiger partial charge on any atom is 0.251 e. The van der Waals surface area contributed by atoms with Crippen molar-refractivity contribution in [1.82, 2.24) is 10.0 Å². The molecular weight excluding hydrogens is 396 g/mol. The van der Waals surface area contributed by atoms with E-state index in [2.05, 4.69) is 20.7 Å². The number of sulfonamides is 1. The fourth-order valence-corrected chi connectivity index (χ4v) is 3.44. The van der Waals surface area contributed by atoms with E-state index < -0.39 is 15.9 Å². The number of hydrogen-bond donors (Lipinski definition) is 4. The van der Waals surface area contributed by atoms with Gasteiger partial charge in [0, 0.05) is 43.9 Å². The Kier molecular flexibility index (Phi) is 7.46. The average Bonchev–Trinajstić information content (AvgIpc) is 2.65. The van der Waals surface area contributed by atoms with E-state index in [1.165, 1.54) is 44.2 Å². The molecule has 0 fully saturated rings. The van der Waals surface area contributed by atoms with Crippen molar-refractivity contribution in [2.75, 3.05) is 23.7 Å². The molecule has 10 heteroatoms. The van der Waals surface area contributed by atoms with Crippen LogP contribution >= 0.6 is 0 Å². The molecule has 0 radical (unpaired) electrons. The monoisotopic (exact) mass is 418 g/mol. The Labute approximate surface area is 168 Å². The highest BCUT2D eigenvalue weighted by molar-refractivity contribution is 7.89. The lowest BCUT2D eigenvalue weighted by molar-refractivity contribution is -0.115. The summed E-state index contributed by atoms with van der Waals surface area (Å²) >= 11 is 0. The van der Waals surface area contributed by atoms with Gasteiger partial charge in [0.15, 0.2) is 0 Å². The molecular formula is C19H22N4O5S. The van der Waals surface area contributed by atoms with Crippen LogP contribution in [-0.4, -0.2) is 39.2 Å². The molecule has 2 aromatic carbocycles. The van der Waals surface area contributed by atoms with Crippen LogP contribution in [0.4, 0.5) is 11.4 Å². The Morgan fingerprint density at radius 3 is 2.07 bits per heavy atom. The van der Waals surface area contributed by atoms with Crippen LogP contribution in [-0.2, 0) is 19.6 Å². The molecule has 2 rings (SSSR count). The van der Waals surface area contributed by atoms with Crippen molar-refractivity contribution in [1.29, 1.82) is 0 Å². The molecule has 2 aromatic rings. The number of nitrogens with one attached hydrogen (secondary N) is 4. The predicted octanol–water partition coefficient (Wildman–Crippen LogP) is 1.31. The molecule has 0 aliphatic carbocycles. The minimum absolute atomic E-state index is 0.00704. The lowest BCUT2D eigenvalue weighted by atomic mass is 10.2. The van der Waals surface area contributed by atoms with E-state index in [0.29, 0.717) is 16.9 Å². The molecule has 29 heavy (non-hydrogen) atoms. The van der Waals surface area contributed by atoms with E-state index >= 15 is 0 Å². The summed E-state index contributed by atoms with van der Waals surface area (Å²) in [6.07, 6.45) is 0. The second kappa shape index (κ2) is 9.80. The number of benzene rings is 2. The van der Waals surface area contributed by atoms with Crippen molar-refractivity contribution in [3.05, 3.63) is 54.1 Å². The van der Waals surface area contributed by atoms with Gasteiger partial charge in [-0.15, -0.1) is 0 Å². The molecule has 154 valence electrons. The Balaban J connectivity index is 1.86. The third kappa shape index (κ3) is 7.01. The van der Waals surface area contributed by atoms with Gasteiger partial charge in [-0.3, -0.25) is 14.4 Å². The number of hydrogen-bond acceptors (Lipinski definition) is 5. The van der Waals surface area contributed by atoms with Crippen molar-refractivity contribution < 1.29 is 22.8 Å². The Bertz CT molecular complexity index is 1000. The largest absolute Gasteiger partial charge is 0.351 e. The van der Waals surface area contributed by atoms with Gasteiger partial charge in [-0.25, -0.2) is 13.1 Å². The summed E-state index contributed by atoms with van der Waals surface area (Å²) in [6.45, 7) is 2.79. The lowest BCUT2D eigenvalue weighted by Gasteiger charge is -2.10. The summed E-state index contributed by atoms with van der Waals surface area (Å²) in [7, 11) is -3.75. The Morgan fingerprint density at radius 1 is 0.828 bits per heavy atom. The van der Waals surface area contributed by atoms with Crippen LogP contribution in [0.1, 0.15) is 24.2 Å².